The lowest BCUT2D eigenvalue weighted by molar-refractivity contribution is 0.103. The Morgan fingerprint density at radius 3 is 2.68 bits per heavy atom. The molecule has 11 nitrogen and oxygen atoms in total. The number of methoxy groups -OCH3 is 2. The first-order chi connectivity index (χ1) is 18.1. The highest BCUT2D eigenvalue weighted by molar-refractivity contribution is 7.93. The van der Waals surface area contributed by atoms with Crippen molar-refractivity contribution < 1.29 is 36.5 Å². The second-order valence-electron chi connectivity index (χ2n) is 8.36. The number of nitrogens with zero attached hydrogens (tertiary/aromatic N) is 4. The number of ether oxygens (including phenoxy) is 3. The summed E-state index contributed by atoms with van der Waals surface area (Å²) >= 11 is 0. The standard InChI is InChI=1S/C24H21F2N5O6S/c1-13(21(32)15-10-9-14(25)12-16(15)26)38(33,34)30-23-29-28-22-24(11-5-8-19(27-24)36-3)37-18-7-4-6-17(35-2)20(18)31(22)23/h4,6-13,21,32H,1-3H3,(H,29,30)/t13-,21-,24?/m1/s1. The van der Waals surface area contributed by atoms with Crippen LogP contribution in [0.2, 0.25) is 0 Å². The van der Waals surface area contributed by atoms with E-state index in [0.717, 1.165) is 12.1 Å². The average molecular weight is 546 g/mol. The Morgan fingerprint density at radius 1 is 1.18 bits per heavy atom. The average Bonchev–Trinajstić information content (AvgIpc) is 3.31. The minimum atomic E-state index is -4.43. The van der Waals surface area contributed by atoms with E-state index in [1.54, 1.807) is 18.2 Å². The number of aromatic nitrogens is 3. The van der Waals surface area contributed by atoms with Gasteiger partial charge in [0.2, 0.25) is 27.7 Å². The van der Waals surface area contributed by atoms with Crippen LogP contribution in [0.25, 0.3) is 5.69 Å². The normalized spacial score (nSPS) is 19.2. The Labute approximate surface area is 215 Å². The monoisotopic (exact) mass is 545 g/mol. The van der Waals surface area contributed by atoms with Gasteiger partial charge in [0.1, 0.15) is 34.4 Å². The van der Waals surface area contributed by atoms with Gasteiger partial charge >= 0.3 is 0 Å². The summed E-state index contributed by atoms with van der Waals surface area (Å²) in [6.07, 6.45) is 1.13. The van der Waals surface area contributed by atoms with E-state index in [4.69, 9.17) is 14.2 Å². The fourth-order valence-corrected chi connectivity index (χ4v) is 5.15. The Bertz CT molecular complexity index is 1630. The highest BCUT2D eigenvalue weighted by Gasteiger charge is 2.46. The molecular weight excluding hydrogens is 524 g/mol. The predicted octanol–water partition coefficient (Wildman–Crippen LogP) is 2.73. The summed E-state index contributed by atoms with van der Waals surface area (Å²) in [5.41, 5.74) is 1.19. The van der Waals surface area contributed by atoms with Gasteiger partial charge < -0.3 is 19.3 Å². The second-order valence-corrected chi connectivity index (χ2v) is 10.4. The number of halogens is 2. The lowest BCUT2D eigenvalue weighted by Gasteiger charge is -2.34. The van der Waals surface area contributed by atoms with E-state index in [1.807, 2.05) is 0 Å². The van der Waals surface area contributed by atoms with Crippen molar-refractivity contribution in [3.63, 3.8) is 0 Å². The number of anilines is 1. The Balaban J connectivity index is 1.60. The summed E-state index contributed by atoms with van der Waals surface area (Å²) in [5, 5.41) is 17.2. The van der Waals surface area contributed by atoms with Crippen LogP contribution in [-0.4, -0.2) is 53.7 Å². The van der Waals surface area contributed by atoms with Gasteiger partial charge in [0, 0.05) is 23.8 Å². The molecule has 0 amide bonds. The van der Waals surface area contributed by atoms with Crippen LogP contribution >= 0.6 is 0 Å². The van der Waals surface area contributed by atoms with Crippen molar-refractivity contribution in [1.82, 2.24) is 14.8 Å². The zero-order valence-electron chi connectivity index (χ0n) is 20.2. The number of hydrogen-bond acceptors (Lipinski definition) is 9. The molecule has 198 valence electrons. The van der Waals surface area contributed by atoms with Gasteiger partial charge in [-0.15, -0.1) is 15.9 Å². The van der Waals surface area contributed by atoms with Crippen molar-refractivity contribution in [1.29, 1.82) is 0 Å². The van der Waals surface area contributed by atoms with Crippen molar-refractivity contribution in [2.75, 3.05) is 18.9 Å². The molecule has 1 aromatic heterocycles. The van der Waals surface area contributed by atoms with E-state index in [2.05, 4.69) is 25.6 Å². The topological polar surface area (TPSA) is 137 Å². The lowest BCUT2D eigenvalue weighted by atomic mass is 10.1. The fraction of sp³-hybridized carbons (Fsp3) is 0.250. The van der Waals surface area contributed by atoms with Gasteiger partial charge in [0.15, 0.2) is 5.75 Å². The molecule has 0 radical (unpaired) electrons. The predicted molar refractivity (Wildman–Crippen MR) is 131 cm³/mol. The van der Waals surface area contributed by atoms with Gasteiger partial charge in [-0.25, -0.2) is 17.2 Å². The first-order valence-corrected chi connectivity index (χ1v) is 12.7. The van der Waals surface area contributed by atoms with Gasteiger partial charge in [-0.2, -0.15) is 4.99 Å². The molecule has 3 atom stereocenters. The number of aliphatic imine (C=N–C) groups is 1. The number of hydrogen-bond donors (Lipinski definition) is 2. The lowest BCUT2D eigenvalue weighted by Crippen LogP contribution is -2.38. The van der Waals surface area contributed by atoms with Gasteiger partial charge in [-0.05, 0) is 25.1 Å². The van der Waals surface area contributed by atoms with Gasteiger partial charge in [-0.3, -0.25) is 9.29 Å². The van der Waals surface area contributed by atoms with E-state index in [-0.39, 0.29) is 34.7 Å². The molecule has 2 aliphatic rings. The number of aliphatic hydroxyl groups is 1. The molecule has 1 spiro atoms. The number of benzene rings is 2. The van der Waals surface area contributed by atoms with Crippen LogP contribution in [0.1, 0.15) is 24.4 Å². The maximum absolute atomic E-state index is 14.3. The highest BCUT2D eigenvalue weighted by Crippen LogP contribution is 2.46. The van der Waals surface area contributed by atoms with E-state index < -0.39 is 38.7 Å². The van der Waals surface area contributed by atoms with Crippen LogP contribution in [0, 0.1) is 11.6 Å². The number of fused-ring (bicyclic) bond motifs is 4. The molecule has 3 heterocycles. The third-order valence-electron chi connectivity index (χ3n) is 6.07. The van der Waals surface area contributed by atoms with Crippen molar-refractivity contribution in [2.45, 2.75) is 24.0 Å². The minimum absolute atomic E-state index is 0.0557. The summed E-state index contributed by atoms with van der Waals surface area (Å²) in [7, 11) is -1.59. The molecule has 0 saturated carbocycles. The Morgan fingerprint density at radius 2 is 1.97 bits per heavy atom. The largest absolute Gasteiger partial charge is 0.494 e. The number of rotatable bonds is 6. The number of sulfonamides is 1. The molecule has 2 N–H and O–H groups in total. The highest BCUT2D eigenvalue weighted by atomic mass is 32.2. The molecule has 0 aliphatic carbocycles. The molecule has 0 bridgehead atoms. The molecule has 0 saturated heterocycles. The summed E-state index contributed by atoms with van der Waals surface area (Å²) in [6, 6.07) is 7.39. The SMILES string of the molecule is COC1=NC2(C=C=C1)Oc1cccc(OC)c1-n1c(NS(=O)(=O)[C@H](C)[C@@H](O)c3ccc(F)cc3F)nnc12. The summed E-state index contributed by atoms with van der Waals surface area (Å²) in [6.45, 7) is 1.17. The molecule has 2 aromatic carbocycles. The zero-order chi connectivity index (χ0) is 27.2. The first-order valence-electron chi connectivity index (χ1n) is 11.1. The van der Waals surface area contributed by atoms with Crippen molar-refractivity contribution >= 4 is 21.9 Å². The summed E-state index contributed by atoms with van der Waals surface area (Å²) in [5.74, 6) is -1.42. The van der Waals surface area contributed by atoms with Gasteiger partial charge in [-0.1, -0.05) is 12.1 Å². The fourth-order valence-electron chi connectivity index (χ4n) is 4.09. The number of nitrogens with one attached hydrogen (secondary N) is 1. The maximum atomic E-state index is 14.3. The molecule has 14 heteroatoms. The Hall–Kier alpha value is -4.26. The molecule has 0 fully saturated rings. The van der Waals surface area contributed by atoms with Crippen LogP contribution in [0.4, 0.5) is 14.7 Å². The first kappa shape index (κ1) is 25.4. The minimum Gasteiger partial charge on any atom is -0.494 e. The van der Waals surface area contributed by atoms with E-state index >= 15 is 0 Å². The quantitative estimate of drug-likeness (QED) is 0.451. The number of aliphatic hydroxyl groups excluding tert-OH is 1. The van der Waals surface area contributed by atoms with Crippen molar-refractivity contribution in [3.05, 3.63) is 77.3 Å². The van der Waals surface area contributed by atoms with Crippen LogP contribution in [0.3, 0.4) is 0 Å². The van der Waals surface area contributed by atoms with Crippen LogP contribution < -0.4 is 14.2 Å². The molecule has 2 aliphatic heterocycles. The Kier molecular flexibility index (Phi) is 6.18. The molecular formula is C24H21F2N5O6S. The second kappa shape index (κ2) is 9.24. The molecule has 38 heavy (non-hydrogen) atoms. The zero-order valence-corrected chi connectivity index (χ0v) is 21.0. The van der Waals surface area contributed by atoms with Crippen LogP contribution in [0.15, 0.2) is 59.3 Å². The molecule has 5 rings (SSSR count). The van der Waals surface area contributed by atoms with Crippen molar-refractivity contribution in [2.24, 2.45) is 4.99 Å². The summed E-state index contributed by atoms with van der Waals surface area (Å²) in [4.78, 5) is 4.46. The molecule has 3 aromatic rings. The van der Waals surface area contributed by atoms with Gasteiger partial charge in [0.05, 0.1) is 14.2 Å². The van der Waals surface area contributed by atoms with Crippen LogP contribution in [-0.2, 0) is 20.5 Å². The van der Waals surface area contributed by atoms with E-state index in [0.29, 0.717) is 11.8 Å². The van der Waals surface area contributed by atoms with Gasteiger partial charge in [0.25, 0.3) is 5.72 Å². The third-order valence-corrected chi connectivity index (χ3v) is 7.78. The molecule has 1 unspecified atom stereocenters. The van der Waals surface area contributed by atoms with Crippen molar-refractivity contribution in [3.8, 4) is 17.2 Å². The third kappa shape index (κ3) is 4.08. The van der Waals surface area contributed by atoms with E-state index in [9.17, 15) is 22.3 Å². The summed E-state index contributed by atoms with van der Waals surface area (Å²) < 4.78 is 74.8. The van der Waals surface area contributed by atoms with E-state index in [1.165, 1.54) is 37.9 Å². The van der Waals surface area contributed by atoms with Crippen LogP contribution in [0.5, 0.6) is 11.5 Å². The maximum Gasteiger partial charge on any atom is 0.291 e. The smallest absolute Gasteiger partial charge is 0.291 e. The number of para-hydroxylation sites is 1.